The quantitative estimate of drug-likeness (QED) is 0.253. The fourth-order valence-electron chi connectivity index (χ4n) is 5.02. The van der Waals surface area contributed by atoms with Crippen molar-refractivity contribution in [2.45, 2.75) is 0 Å². The van der Waals surface area contributed by atoms with Gasteiger partial charge in [0.2, 0.25) is 0 Å². The van der Waals surface area contributed by atoms with Gasteiger partial charge in [0.05, 0.1) is 0 Å². The van der Waals surface area contributed by atoms with Crippen LogP contribution < -0.4 is 4.74 Å². The largest absolute Gasteiger partial charge is 0.456 e. The van der Waals surface area contributed by atoms with Crippen molar-refractivity contribution in [3.8, 4) is 33.8 Å². The van der Waals surface area contributed by atoms with Gasteiger partial charge in [-0.25, -0.2) is 0 Å². The monoisotopic (exact) mass is 394 g/mol. The highest BCUT2D eigenvalue weighted by Gasteiger charge is 2.22. The summed E-state index contributed by atoms with van der Waals surface area (Å²) in [6.45, 7) is 0. The number of rotatable bonds is 1. The summed E-state index contributed by atoms with van der Waals surface area (Å²) in [5.41, 5.74) is 4.85. The average molecular weight is 394 g/mol. The maximum absolute atomic E-state index is 6.38. The Bertz CT molecular complexity index is 1650. The van der Waals surface area contributed by atoms with Crippen LogP contribution in [0.1, 0.15) is 0 Å². The molecule has 144 valence electrons. The van der Waals surface area contributed by atoms with Crippen LogP contribution in [0, 0.1) is 0 Å². The van der Waals surface area contributed by atoms with Crippen molar-refractivity contribution < 1.29 is 4.74 Å². The van der Waals surface area contributed by atoms with Gasteiger partial charge in [0, 0.05) is 10.9 Å². The highest BCUT2D eigenvalue weighted by Crippen LogP contribution is 2.49. The number of hydrogen-bond donors (Lipinski definition) is 0. The Morgan fingerprint density at radius 3 is 2.10 bits per heavy atom. The van der Waals surface area contributed by atoms with E-state index in [9.17, 15) is 0 Å². The molecule has 0 aliphatic carbocycles. The van der Waals surface area contributed by atoms with Gasteiger partial charge in [0.1, 0.15) is 11.5 Å². The lowest BCUT2D eigenvalue weighted by Crippen LogP contribution is -1.98. The second-order valence-corrected chi connectivity index (χ2v) is 8.16. The Labute approximate surface area is 180 Å². The minimum atomic E-state index is 0.916. The molecule has 6 aromatic rings. The van der Waals surface area contributed by atoms with E-state index in [1.54, 1.807) is 0 Å². The van der Waals surface area contributed by atoms with E-state index >= 15 is 0 Å². The average Bonchev–Trinajstić information content (AvgIpc) is 2.84. The Morgan fingerprint density at radius 1 is 0.419 bits per heavy atom. The van der Waals surface area contributed by atoms with Crippen molar-refractivity contribution in [3.63, 3.8) is 0 Å². The first kappa shape index (κ1) is 16.7. The van der Waals surface area contributed by atoms with Crippen LogP contribution in [0.5, 0.6) is 11.5 Å². The molecule has 0 radical (unpaired) electrons. The first-order valence-corrected chi connectivity index (χ1v) is 10.6. The first-order valence-electron chi connectivity index (χ1n) is 10.6. The molecular formula is C30H18O. The van der Waals surface area contributed by atoms with E-state index in [1.165, 1.54) is 49.0 Å². The number of hydrogen-bond acceptors (Lipinski definition) is 1. The Balaban J connectivity index is 1.55. The molecule has 0 fully saturated rings. The smallest absolute Gasteiger partial charge is 0.135 e. The summed E-state index contributed by atoms with van der Waals surface area (Å²) >= 11 is 0. The van der Waals surface area contributed by atoms with Crippen molar-refractivity contribution in [1.82, 2.24) is 0 Å². The van der Waals surface area contributed by atoms with Gasteiger partial charge in [-0.2, -0.15) is 0 Å². The fourth-order valence-corrected chi connectivity index (χ4v) is 5.02. The Kier molecular flexibility index (Phi) is 3.33. The van der Waals surface area contributed by atoms with Crippen LogP contribution >= 0.6 is 0 Å². The van der Waals surface area contributed by atoms with Crippen LogP contribution in [-0.4, -0.2) is 0 Å². The van der Waals surface area contributed by atoms with Gasteiger partial charge >= 0.3 is 0 Å². The number of benzene rings is 6. The molecule has 1 heteroatoms. The van der Waals surface area contributed by atoms with Gasteiger partial charge in [-0.05, 0) is 67.9 Å². The highest BCUT2D eigenvalue weighted by atomic mass is 16.5. The lowest BCUT2D eigenvalue weighted by Gasteiger charge is -2.23. The standard InChI is InChI=1S/C30H18O/c1-3-10-22-19(7-1)9-5-12-23(22)21-15-16-28-26(17-21)27-18-20-8-2-4-11-24(20)25-13-6-14-29(31-28)30(25)27/h1-18H. The third-order valence-electron chi connectivity index (χ3n) is 6.44. The summed E-state index contributed by atoms with van der Waals surface area (Å²) in [7, 11) is 0. The molecular weight excluding hydrogens is 376 g/mol. The molecule has 0 unspecified atom stereocenters. The van der Waals surface area contributed by atoms with Gasteiger partial charge in [0.15, 0.2) is 0 Å². The zero-order valence-electron chi connectivity index (χ0n) is 16.8. The Hall–Kier alpha value is -4.10. The molecule has 7 rings (SSSR count). The van der Waals surface area contributed by atoms with Gasteiger partial charge in [-0.1, -0.05) is 84.9 Å². The van der Waals surface area contributed by atoms with Crippen molar-refractivity contribution in [3.05, 3.63) is 109 Å². The summed E-state index contributed by atoms with van der Waals surface area (Å²) in [6, 6.07) is 38.9. The van der Waals surface area contributed by atoms with E-state index < -0.39 is 0 Å². The van der Waals surface area contributed by atoms with E-state index in [2.05, 4.69) is 109 Å². The van der Waals surface area contributed by atoms with Gasteiger partial charge < -0.3 is 4.74 Å². The molecule has 0 atom stereocenters. The zero-order chi connectivity index (χ0) is 20.4. The molecule has 1 heterocycles. The summed E-state index contributed by atoms with van der Waals surface area (Å²) in [4.78, 5) is 0. The van der Waals surface area contributed by atoms with E-state index in [0.29, 0.717) is 0 Å². The van der Waals surface area contributed by atoms with Crippen LogP contribution in [0.15, 0.2) is 109 Å². The normalized spacial score (nSPS) is 12.1. The highest BCUT2D eigenvalue weighted by molar-refractivity contribution is 6.17. The van der Waals surface area contributed by atoms with Gasteiger partial charge in [-0.15, -0.1) is 0 Å². The van der Waals surface area contributed by atoms with Crippen molar-refractivity contribution >= 4 is 32.3 Å². The zero-order valence-corrected chi connectivity index (χ0v) is 16.8. The van der Waals surface area contributed by atoms with E-state index in [1.807, 2.05) is 0 Å². The third kappa shape index (κ3) is 2.38. The molecule has 0 amide bonds. The fraction of sp³-hybridized carbons (Fsp3) is 0. The van der Waals surface area contributed by atoms with E-state index in [-0.39, 0.29) is 0 Å². The van der Waals surface area contributed by atoms with Crippen molar-refractivity contribution in [2.24, 2.45) is 0 Å². The molecule has 1 nitrogen and oxygen atoms in total. The van der Waals surface area contributed by atoms with E-state index in [4.69, 9.17) is 4.74 Å². The molecule has 0 spiro atoms. The molecule has 0 aromatic heterocycles. The number of ether oxygens (including phenoxy) is 1. The SMILES string of the molecule is c1ccc2c(-c3ccc4c(c3)-c3cc5ccccc5c5cccc(c35)O4)cccc2c1. The van der Waals surface area contributed by atoms with Crippen molar-refractivity contribution in [2.75, 3.05) is 0 Å². The van der Waals surface area contributed by atoms with Crippen molar-refractivity contribution in [1.29, 1.82) is 0 Å². The summed E-state index contributed by atoms with van der Waals surface area (Å²) in [6.07, 6.45) is 0. The molecule has 0 saturated carbocycles. The minimum absolute atomic E-state index is 0.916. The van der Waals surface area contributed by atoms with Crippen LogP contribution in [0.2, 0.25) is 0 Å². The minimum Gasteiger partial charge on any atom is -0.456 e. The second kappa shape index (κ2) is 6.20. The molecule has 1 aliphatic rings. The van der Waals surface area contributed by atoms with Crippen LogP contribution in [0.25, 0.3) is 54.6 Å². The van der Waals surface area contributed by atoms with Crippen LogP contribution in [0.3, 0.4) is 0 Å². The molecule has 6 aromatic carbocycles. The third-order valence-corrected chi connectivity index (χ3v) is 6.44. The lowest BCUT2D eigenvalue weighted by molar-refractivity contribution is 0.487. The lowest BCUT2D eigenvalue weighted by atomic mass is 9.89. The molecule has 0 N–H and O–H groups in total. The molecule has 31 heavy (non-hydrogen) atoms. The number of fused-ring (bicyclic) bond motifs is 5. The summed E-state index contributed by atoms with van der Waals surface area (Å²) in [5.74, 6) is 1.85. The second-order valence-electron chi connectivity index (χ2n) is 8.16. The van der Waals surface area contributed by atoms with Gasteiger partial charge in [0.25, 0.3) is 0 Å². The summed E-state index contributed by atoms with van der Waals surface area (Å²) < 4.78 is 6.38. The molecule has 0 saturated heterocycles. The summed E-state index contributed by atoms with van der Waals surface area (Å²) in [5, 5.41) is 7.49. The topological polar surface area (TPSA) is 9.23 Å². The molecule has 1 aliphatic heterocycles. The van der Waals surface area contributed by atoms with Crippen LogP contribution in [-0.2, 0) is 0 Å². The van der Waals surface area contributed by atoms with Crippen LogP contribution in [0.4, 0.5) is 0 Å². The van der Waals surface area contributed by atoms with E-state index in [0.717, 1.165) is 17.1 Å². The maximum atomic E-state index is 6.38. The Morgan fingerprint density at radius 2 is 1.16 bits per heavy atom. The molecule has 0 bridgehead atoms. The predicted octanol–water partition coefficient (Wildman–Crippen LogP) is 8.59. The van der Waals surface area contributed by atoms with Gasteiger partial charge in [-0.3, -0.25) is 0 Å². The predicted molar refractivity (Wildman–Crippen MR) is 130 cm³/mol. The maximum Gasteiger partial charge on any atom is 0.135 e. The first-order chi connectivity index (χ1) is 15.4.